The molecule has 0 fully saturated rings. The van der Waals surface area contributed by atoms with Gasteiger partial charge < -0.3 is 10.1 Å². The second-order valence-corrected chi connectivity index (χ2v) is 6.64. The zero-order chi connectivity index (χ0) is 17.9. The van der Waals surface area contributed by atoms with Crippen molar-refractivity contribution in [2.24, 2.45) is 0 Å². The van der Waals surface area contributed by atoms with Crippen LogP contribution in [0.3, 0.4) is 0 Å². The van der Waals surface area contributed by atoms with Crippen molar-refractivity contribution in [3.8, 4) is 5.69 Å². The van der Waals surface area contributed by atoms with Crippen LogP contribution in [0, 0.1) is 13.8 Å². The zero-order valence-electron chi connectivity index (χ0n) is 14.7. The van der Waals surface area contributed by atoms with Gasteiger partial charge in [-0.1, -0.05) is 12.1 Å². The SMILES string of the molecule is Cc1nn(-c2ccc(CNC(=O)OC(C)(C)C)cc2)c(C)c1C=O. The quantitative estimate of drug-likeness (QED) is 0.873. The van der Waals surface area contributed by atoms with Gasteiger partial charge in [0.15, 0.2) is 6.29 Å². The van der Waals surface area contributed by atoms with Crippen LogP contribution >= 0.6 is 0 Å². The summed E-state index contributed by atoms with van der Waals surface area (Å²) in [6.45, 7) is 9.52. The molecule has 128 valence electrons. The molecule has 1 aromatic heterocycles. The number of nitrogens with zero attached hydrogens (tertiary/aromatic N) is 2. The van der Waals surface area contributed by atoms with Crippen molar-refractivity contribution < 1.29 is 14.3 Å². The number of hydrogen-bond donors (Lipinski definition) is 1. The predicted octanol–water partition coefficient (Wildman–Crippen LogP) is 3.33. The minimum absolute atomic E-state index is 0.381. The third-order valence-electron chi connectivity index (χ3n) is 3.48. The Labute approximate surface area is 141 Å². The van der Waals surface area contributed by atoms with Crippen molar-refractivity contribution in [2.45, 2.75) is 46.8 Å². The summed E-state index contributed by atoms with van der Waals surface area (Å²) in [5.74, 6) is 0. The average Bonchev–Trinajstić information content (AvgIpc) is 2.78. The normalized spacial score (nSPS) is 11.2. The molecule has 1 aromatic carbocycles. The lowest BCUT2D eigenvalue weighted by Gasteiger charge is -2.19. The lowest BCUT2D eigenvalue weighted by atomic mass is 10.2. The Bertz CT molecular complexity index is 740. The van der Waals surface area contributed by atoms with Crippen LogP contribution in [0.25, 0.3) is 5.69 Å². The summed E-state index contributed by atoms with van der Waals surface area (Å²) < 4.78 is 6.94. The van der Waals surface area contributed by atoms with Crippen LogP contribution in [0.1, 0.15) is 48.1 Å². The Morgan fingerprint density at radius 2 is 1.88 bits per heavy atom. The molecular formula is C18H23N3O3. The summed E-state index contributed by atoms with van der Waals surface area (Å²) >= 11 is 0. The van der Waals surface area contributed by atoms with Crippen LogP contribution in [-0.2, 0) is 11.3 Å². The Hall–Kier alpha value is -2.63. The van der Waals surface area contributed by atoms with Crippen LogP contribution in [-0.4, -0.2) is 27.8 Å². The van der Waals surface area contributed by atoms with Crippen molar-refractivity contribution in [1.82, 2.24) is 15.1 Å². The molecule has 1 N–H and O–H groups in total. The monoisotopic (exact) mass is 329 g/mol. The molecule has 0 saturated heterocycles. The largest absolute Gasteiger partial charge is 0.444 e. The zero-order valence-corrected chi connectivity index (χ0v) is 14.7. The number of benzene rings is 1. The van der Waals surface area contributed by atoms with E-state index in [1.54, 1.807) is 4.68 Å². The van der Waals surface area contributed by atoms with E-state index in [0.717, 1.165) is 23.2 Å². The third-order valence-corrected chi connectivity index (χ3v) is 3.48. The Balaban J connectivity index is 2.06. The van der Waals surface area contributed by atoms with E-state index in [0.29, 0.717) is 17.8 Å². The van der Waals surface area contributed by atoms with E-state index < -0.39 is 11.7 Å². The lowest BCUT2D eigenvalue weighted by molar-refractivity contribution is 0.0523. The molecule has 6 heteroatoms. The van der Waals surface area contributed by atoms with E-state index in [-0.39, 0.29) is 0 Å². The highest BCUT2D eigenvalue weighted by Gasteiger charge is 2.16. The first-order valence-corrected chi connectivity index (χ1v) is 7.79. The van der Waals surface area contributed by atoms with E-state index >= 15 is 0 Å². The minimum atomic E-state index is -0.514. The molecule has 0 bridgehead atoms. The van der Waals surface area contributed by atoms with Gasteiger partial charge in [-0.25, -0.2) is 9.48 Å². The van der Waals surface area contributed by atoms with Crippen molar-refractivity contribution in [3.05, 3.63) is 46.8 Å². The molecule has 2 rings (SSSR count). The molecule has 0 saturated carbocycles. The first kappa shape index (κ1) is 17.7. The second kappa shape index (κ2) is 6.86. The third kappa shape index (κ3) is 4.22. The smallest absolute Gasteiger partial charge is 0.407 e. The number of hydrogen-bond acceptors (Lipinski definition) is 4. The maximum atomic E-state index is 11.7. The summed E-state index contributed by atoms with van der Waals surface area (Å²) in [7, 11) is 0. The molecule has 2 aromatic rings. The fourth-order valence-electron chi connectivity index (χ4n) is 2.32. The Morgan fingerprint density at radius 3 is 2.38 bits per heavy atom. The molecule has 0 atom stereocenters. The van der Waals surface area contributed by atoms with Gasteiger partial charge in [0.25, 0.3) is 0 Å². The number of amides is 1. The van der Waals surface area contributed by atoms with E-state index in [1.165, 1.54) is 0 Å². The van der Waals surface area contributed by atoms with Crippen molar-refractivity contribution in [2.75, 3.05) is 0 Å². The van der Waals surface area contributed by atoms with Crippen LogP contribution in [0.5, 0.6) is 0 Å². The van der Waals surface area contributed by atoms with Crippen LogP contribution in [0.15, 0.2) is 24.3 Å². The maximum Gasteiger partial charge on any atom is 0.407 e. The topological polar surface area (TPSA) is 73.2 Å². The molecule has 6 nitrogen and oxygen atoms in total. The van der Waals surface area contributed by atoms with Crippen molar-refractivity contribution in [1.29, 1.82) is 0 Å². The van der Waals surface area contributed by atoms with E-state index in [9.17, 15) is 9.59 Å². The second-order valence-electron chi connectivity index (χ2n) is 6.64. The first-order valence-electron chi connectivity index (χ1n) is 7.79. The van der Waals surface area contributed by atoms with Gasteiger partial charge in [0.1, 0.15) is 5.60 Å². The van der Waals surface area contributed by atoms with Gasteiger partial charge in [-0.3, -0.25) is 4.79 Å². The van der Waals surface area contributed by atoms with Crippen LogP contribution < -0.4 is 5.32 Å². The van der Waals surface area contributed by atoms with Gasteiger partial charge in [-0.15, -0.1) is 0 Å². The standard InChI is InChI=1S/C18H23N3O3/c1-12-16(11-22)13(2)21(20-12)15-8-6-14(7-9-15)10-19-17(23)24-18(3,4)5/h6-9,11H,10H2,1-5H3,(H,19,23). The van der Waals surface area contributed by atoms with Gasteiger partial charge in [-0.2, -0.15) is 5.10 Å². The fraction of sp³-hybridized carbons (Fsp3) is 0.389. The molecule has 0 spiro atoms. The predicted molar refractivity (Wildman–Crippen MR) is 91.5 cm³/mol. The summed E-state index contributed by atoms with van der Waals surface area (Å²) in [6.07, 6.45) is 0.383. The fourth-order valence-corrected chi connectivity index (χ4v) is 2.32. The number of aryl methyl sites for hydroxylation is 1. The average molecular weight is 329 g/mol. The van der Waals surface area contributed by atoms with E-state index in [4.69, 9.17) is 4.74 Å². The summed E-state index contributed by atoms with van der Waals surface area (Å²) in [6, 6.07) is 7.62. The minimum Gasteiger partial charge on any atom is -0.444 e. The number of aldehydes is 1. The van der Waals surface area contributed by atoms with Gasteiger partial charge >= 0.3 is 6.09 Å². The maximum absolute atomic E-state index is 11.7. The molecule has 0 aliphatic heterocycles. The van der Waals surface area contributed by atoms with Crippen LogP contribution in [0.2, 0.25) is 0 Å². The van der Waals surface area contributed by atoms with E-state index in [1.807, 2.05) is 58.9 Å². The molecule has 0 unspecified atom stereocenters. The van der Waals surface area contributed by atoms with Crippen molar-refractivity contribution in [3.63, 3.8) is 0 Å². The van der Waals surface area contributed by atoms with E-state index in [2.05, 4.69) is 10.4 Å². The molecular weight excluding hydrogens is 306 g/mol. The number of ether oxygens (including phenoxy) is 1. The summed E-state index contributed by atoms with van der Waals surface area (Å²) in [5, 5.41) is 7.11. The number of rotatable bonds is 4. The molecule has 0 aliphatic carbocycles. The van der Waals surface area contributed by atoms with Crippen LogP contribution in [0.4, 0.5) is 4.79 Å². The number of aromatic nitrogens is 2. The molecule has 24 heavy (non-hydrogen) atoms. The lowest BCUT2D eigenvalue weighted by Crippen LogP contribution is -2.32. The molecule has 1 amide bonds. The molecule has 0 aliphatic rings. The van der Waals surface area contributed by atoms with Gasteiger partial charge in [0.05, 0.1) is 22.6 Å². The highest BCUT2D eigenvalue weighted by molar-refractivity contribution is 5.78. The summed E-state index contributed by atoms with van der Waals surface area (Å²) in [4.78, 5) is 22.7. The highest BCUT2D eigenvalue weighted by atomic mass is 16.6. The van der Waals surface area contributed by atoms with Crippen molar-refractivity contribution >= 4 is 12.4 Å². The number of alkyl carbamates (subject to hydrolysis) is 1. The highest BCUT2D eigenvalue weighted by Crippen LogP contribution is 2.17. The Kier molecular flexibility index (Phi) is 5.07. The molecule has 0 radical (unpaired) electrons. The number of carbonyl (C=O) groups is 2. The number of nitrogens with one attached hydrogen (secondary N) is 1. The first-order chi connectivity index (χ1) is 11.2. The van der Waals surface area contributed by atoms with Gasteiger partial charge in [-0.05, 0) is 52.3 Å². The molecule has 1 heterocycles. The van der Waals surface area contributed by atoms with Gasteiger partial charge in [0.2, 0.25) is 0 Å². The van der Waals surface area contributed by atoms with Gasteiger partial charge in [0, 0.05) is 6.54 Å². The Morgan fingerprint density at radius 1 is 1.25 bits per heavy atom. The number of carbonyl (C=O) groups excluding carboxylic acids is 2. The summed E-state index contributed by atoms with van der Waals surface area (Å²) in [5.41, 5.74) is 3.43.